The largest absolute Gasteiger partial charge is 0.415 e. The Hall–Kier alpha value is -1.97. The van der Waals surface area contributed by atoms with Gasteiger partial charge >= 0.3 is 6.43 Å². The van der Waals surface area contributed by atoms with E-state index in [4.69, 9.17) is 4.42 Å². The number of hydrogen-bond acceptors (Lipinski definition) is 7. The fourth-order valence-electron chi connectivity index (χ4n) is 1.84. The van der Waals surface area contributed by atoms with Gasteiger partial charge in [0.2, 0.25) is 0 Å². The summed E-state index contributed by atoms with van der Waals surface area (Å²) in [5, 5.41) is 6.74. The number of nitrogens with zero attached hydrogens (tertiary/aromatic N) is 4. The Morgan fingerprint density at radius 1 is 1.22 bits per heavy atom. The molecule has 0 fully saturated rings. The molecule has 0 radical (unpaired) electrons. The van der Waals surface area contributed by atoms with Crippen molar-refractivity contribution in [2.45, 2.75) is 26.2 Å². The van der Waals surface area contributed by atoms with Crippen LogP contribution in [0, 0.1) is 5.92 Å². The van der Waals surface area contributed by atoms with E-state index in [1.165, 1.54) is 18.6 Å². The summed E-state index contributed by atoms with van der Waals surface area (Å²) in [4.78, 5) is 8.24. The molecule has 0 N–H and O–H groups in total. The molecule has 0 saturated carbocycles. The molecule has 0 amide bonds. The van der Waals surface area contributed by atoms with Crippen molar-refractivity contribution >= 4 is 9.84 Å². The van der Waals surface area contributed by atoms with E-state index in [1.807, 2.05) is 6.92 Å². The number of rotatable bonds is 7. The van der Waals surface area contributed by atoms with Gasteiger partial charge in [0, 0.05) is 25.1 Å². The van der Waals surface area contributed by atoms with Gasteiger partial charge < -0.3 is 4.42 Å². The van der Waals surface area contributed by atoms with Crippen LogP contribution in [0.15, 0.2) is 16.8 Å². The van der Waals surface area contributed by atoms with Crippen LogP contribution in [0.2, 0.25) is 0 Å². The highest BCUT2D eigenvalue weighted by atomic mass is 32.2. The highest BCUT2D eigenvalue weighted by Crippen LogP contribution is 2.22. The third kappa shape index (κ3) is 5.31. The quantitative estimate of drug-likeness (QED) is 0.757. The van der Waals surface area contributed by atoms with E-state index in [1.54, 1.807) is 0 Å². The predicted octanol–water partition coefficient (Wildman–Crippen LogP) is 2.08. The highest BCUT2D eigenvalue weighted by molar-refractivity contribution is 7.90. The van der Waals surface area contributed by atoms with E-state index in [0.717, 1.165) is 0 Å². The fourth-order valence-corrected chi connectivity index (χ4v) is 2.67. The SMILES string of the molecule is CC(CCS(C)(=O)=O)Cc1ncc(-c2nnc(C(F)F)o2)cn1. The zero-order chi connectivity index (χ0) is 17.0. The highest BCUT2D eigenvalue weighted by Gasteiger charge is 2.17. The summed E-state index contributed by atoms with van der Waals surface area (Å²) in [5.74, 6) is -0.0758. The van der Waals surface area contributed by atoms with Gasteiger partial charge in [-0.3, -0.25) is 0 Å². The van der Waals surface area contributed by atoms with Crippen molar-refractivity contribution in [3.8, 4) is 11.5 Å². The minimum atomic E-state index is -2.99. The monoisotopic (exact) mass is 346 g/mol. The van der Waals surface area contributed by atoms with Crippen LogP contribution >= 0.6 is 0 Å². The molecule has 2 aromatic heterocycles. The van der Waals surface area contributed by atoms with Gasteiger partial charge in [-0.2, -0.15) is 8.78 Å². The van der Waals surface area contributed by atoms with E-state index in [9.17, 15) is 17.2 Å². The first-order valence-electron chi connectivity index (χ1n) is 6.85. The molecule has 0 bridgehead atoms. The topological polar surface area (TPSA) is 98.8 Å². The van der Waals surface area contributed by atoms with E-state index in [0.29, 0.717) is 24.2 Å². The van der Waals surface area contributed by atoms with E-state index in [2.05, 4.69) is 20.2 Å². The van der Waals surface area contributed by atoms with Crippen molar-refractivity contribution in [2.75, 3.05) is 12.0 Å². The van der Waals surface area contributed by atoms with Gasteiger partial charge in [0.05, 0.1) is 11.3 Å². The van der Waals surface area contributed by atoms with Crippen LogP contribution in [0.1, 0.15) is 31.5 Å². The van der Waals surface area contributed by atoms with Gasteiger partial charge in [0.1, 0.15) is 15.7 Å². The molecule has 10 heteroatoms. The summed E-state index contributed by atoms with van der Waals surface area (Å²) in [6.45, 7) is 1.91. The second-order valence-corrected chi connectivity index (χ2v) is 7.62. The molecule has 2 rings (SSSR count). The van der Waals surface area contributed by atoms with Crippen LogP contribution < -0.4 is 0 Å². The molecule has 1 atom stereocenters. The lowest BCUT2D eigenvalue weighted by atomic mass is 10.0. The van der Waals surface area contributed by atoms with E-state index >= 15 is 0 Å². The molecule has 23 heavy (non-hydrogen) atoms. The van der Waals surface area contributed by atoms with Crippen LogP contribution in [0.25, 0.3) is 11.5 Å². The molecule has 2 aromatic rings. The molecule has 0 aliphatic carbocycles. The summed E-state index contributed by atoms with van der Waals surface area (Å²) < 4.78 is 51.9. The summed E-state index contributed by atoms with van der Waals surface area (Å²) >= 11 is 0. The first-order chi connectivity index (χ1) is 10.7. The summed E-state index contributed by atoms with van der Waals surface area (Å²) in [7, 11) is -2.99. The molecule has 1 unspecified atom stereocenters. The van der Waals surface area contributed by atoms with Crippen LogP contribution in [-0.2, 0) is 16.3 Å². The molecule has 0 spiro atoms. The number of aromatic nitrogens is 4. The van der Waals surface area contributed by atoms with E-state index in [-0.39, 0.29) is 17.6 Å². The van der Waals surface area contributed by atoms with Crippen molar-refractivity contribution in [1.29, 1.82) is 0 Å². The maximum Gasteiger partial charge on any atom is 0.314 e. The molecule has 0 aliphatic rings. The van der Waals surface area contributed by atoms with Crippen molar-refractivity contribution in [3.05, 3.63) is 24.1 Å². The van der Waals surface area contributed by atoms with Crippen molar-refractivity contribution in [1.82, 2.24) is 20.2 Å². The lowest BCUT2D eigenvalue weighted by Crippen LogP contribution is -2.10. The van der Waals surface area contributed by atoms with Crippen LogP contribution in [-0.4, -0.2) is 40.6 Å². The third-order valence-electron chi connectivity index (χ3n) is 3.09. The molecule has 2 heterocycles. The van der Waals surface area contributed by atoms with Crippen LogP contribution in [0.5, 0.6) is 0 Å². The molecule has 7 nitrogen and oxygen atoms in total. The lowest BCUT2D eigenvalue weighted by molar-refractivity contribution is 0.116. The Morgan fingerprint density at radius 2 is 1.87 bits per heavy atom. The number of sulfone groups is 1. The summed E-state index contributed by atoms with van der Waals surface area (Å²) in [6, 6.07) is 0. The average molecular weight is 346 g/mol. The van der Waals surface area contributed by atoms with Gasteiger partial charge in [0.15, 0.2) is 0 Å². The Balaban J connectivity index is 1.98. The first-order valence-corrected chi connectivity index (χ1v) is 8.91. The number of alkyl halides is 2. The molecule has 126 valence electrons. The van der Waals surface area contributed by atoms with Gasteiger partial charge in [0.25, 0.3) is 11.8 Å². The van der Waals surface area contributed by atoms with Gasteiger partial charge in [-0.15, -0.1) is 10.2 Å². The Morgan fingerprint density at radius 3 is 2.39 bits per heavy atom. The summed E-state index contributed by atoms with van der Waals surface area (Å²) in [6.07, 6.45) is 2.23. The smallest absolute Gasteiger partial charge is 0.314 e. The molecule has 0 aromatic carbocycles. The zero-order valence-corrected chi connectivity index (χ0v) is 13.4. The minimum absolute atomic E-state index is 0.0722. The van der Waals surface area contributed by atoms with Gasteiger partial charge in [-0.25, -0.2) is 18.4 Å². The Labute approximate surface area is 132 Å². The Kier molecular flexibility index (Phi) is 5.34. The fraction of sp³-hybridized carbons (Fsp3) is 0.538. The maximum absolute atomic E-state index is 12.4. The predicted molar refractivity (Wildman–Crippen MR) is 77.5 cm³/mol. The lowest BCUT2D eigenvalue weighted by Gasteiger charge is -2.09. The molecule has 0 saturated heterocycles. The first kappa shape index (κ1) is 17.4. The second kappa shape index (κ2) is 7.07. The number of hydrogen-bond donors (Lipinski definition) is 0. The zero-order valence-electron chi connectivity index (χ0n) is 12.6. The van der Waals surface area contributed by atoms with Crippen molar-refractivity contribution in [3.63, 3.8) is 0 Å². The number of halogens is 2. The Bertz CT molecular complexity index is 747. The van der Waals surface area contributed by atoms with E-state index < -0.39 is 22.2 Å². The van der Waals surface area contributed by atoms with Crippen LogP contribution in [0.3, 0.4) is 0 Å². The second-order valence-electron chi connectivity index (χ2n) is 5.36. The van der Waals surface area contributed by atoms with Gasteiger partial charge in [-0.05, 0) is 12.3 Å². The van der Waals surface area contributed by atoms with Crippen molar-refractivity contribution in [2.24, 2.45) is 5.92 Å². The summed E-state index contributed by atoms with van der Waals surface area (Å²) in [5.41, 5.74) is 0.344. The molecule has 0 aliphatic heterocycles. The van der Waals surface area contributed by atoms with Gasteiger partial charge in [-0.1, -0.05) is 6.92 Å². The third-order valence-corrected chi connectivity index (χ3v) is 4.07. The van der Waals surface area contributed by atoms with Crippen molar-refractivity contribution < 1.29 is 21.6 Å². The average Bonchev–Trinajstić information content (AvgIpc) is 2.95. The molecular weight excluding hydrogens is 330 g/mol. The standard InChI is InChI=1S/C13H16F2N4O3S/c1-8(3-4-23(2,20)21)5-10-16-6-9(7-17-10)12-18-19-13(22-12)11(14)15/h6-8,11H,3-5H2,1-2H3. The molecular formula is C13H16F2N4O3S. The van der Waals surface area contributed by atoms with Crippen LogP contribution in [0.4, 0.5) is 8.78 Å². The normalized spacial score (nSPS) is 13.4. The maximum atomic E-state index is 12.4. The minimum Gasteiger partial charge on any atom is -0.415 e.